The Morgan fingerprint density at radius 2 is 2.05 bits per heavy atom. The highest BCUT2D eigenvalue weighted by molar-refractivity contribution is 5.84. The number of cyclic esters (lactones) is 1. The monoisotopic (exact) mass is 276 g/mol. The van der Waals surface area contributed by atoms with Crippen LogP contribution < -0.4 is 0 Å². The lowest BCUT2D eigenvalue weighted by Gasteiger charge is -2.24. The molecule has 0 amide bonds. The second-order valence-corrected chi connectivity index (χ2v) is 5.78. The Hall–Kier alpha value is -1.84. The number of hydrogen-bond donors (Lipinski definition) is 0. The Kier molecular flexibility index (Phi) is 4.12. The largest absolute Gasteiger partial charge is 0.462 e. The summed E-state index contributed by atoms with van der Waals surface area (Å²) in [6, 6.07) is 9.47. The third kappa shape index (κ3) is 2.84. The summed E-state index contributed by atoms with van der Waals surface area (Å²) in [5, 5.41) is 0. The molecular formula is C16H20O4. The molecule has 4 heteroatoms. The first kappa shape index (κ1) is 14.6. The topological polar surface area (TPSA) is 52.6 Å². The third-order valence-corrected chi connectivity index (χ3v) is 3.64. The maximum absolute atomic E-state index is 12.3. The van der Waals surface area contributed by atoms with Gasteiger partial charge in [0, 0.05) is 5.41 Å². The molecule has 0 radical (unpaired) electrons. The number of rotatable bonds is 4. The molecule has 2 atom stereocenters. The molecule has 1 heterocycles. The number of carbonyl (C=O) groups excluding carboxylic acids is 2. The SMILES string of the molecule is CC[C@@H](C(=O)O[C@H]1C(=O)OCC1(C)C)c1ccccc1. The fraction of sp³-hybridized carbons (Fsp3) is 0.500. The van der Waals surface area contributed by atoms with Gasteiger partial charge < -0.3 is 9.47 Å². The molecule has 1 aliphatic rings. The van der Waals surface area contributed by atoms with Crippen molar-refractivity contribution in [2.45, 2.75) is 39.2 Å². The number of benzene rings is 1. The second-order valence-electron chi connectivity index (χ2n) is 5.78. The van der Waals surface area contributed by atoms with Crippen molar-refractivity contribution in [3.63, 3.8) is 0 Å². The van der Waals surface area contributed by atoms with Gasteiger partial charge in [0.2, 0.25) is 6.10 Å². The van der Waals surface area contributed by atoms with Crippen molar-refractivity contribution in [2.75, 3.05) is 6.61 Å². The van der Waals surface area contributed by atoms with Gasteiger partial charge in [-0.25, -0.2) is 4.79 Å². The third-order valence-electron chi connectivity index (χ3n) is 3.64. The molecule has 1 aliphatic heterocycles. The highest BCUT2D eigenvalue weighted by Crippen LogP contribution is 2.33. The molecule has 0 N–H and O–H groups in total. The van der Waals surface area contributed by atoms with Gasteiger partial charge in [0.1, 0.15) is 6.61 Å². The first-order chi connectivity index (χ1) is 9.45. The Bertz CT molecular complexity index is 492. The molecule has 108 valence electrons. The van der Waals surface area contributed by atoms with E-state index in [0.29, 0.717) is 6.42 Å². The maximum Gasteiger partial charge on any atom is 0.348 e. The minimum atomic E-state index is -0.812. The van der Waals surface area contributed by atoms with Crippen LogP contribution in [0.15, 0.2) is 30.3 Å². The zero-order valence-corrected chi connectivity index (χ0v) is 12.1. The normalized spacial score (nSPS) is 22.1. The van der Waals surface area contributed by atoms with Crippen molar-refractivity contribution in [3.05, 3.63) is 35.9 Å². The van der Waals surface area contributed by atoms with Crippen molar-refractivity contribution in [3.8, 4) is 0 Å². The summed E-state index contributed by atoms with van der Waals surface area (Å²) in [5.74, 6) is -1.16. The highest BCUT2D eigenvalue weighted by atomic mass is 16.6. The number of carbonyl (C=O) groups is 2. The Labute approximate surface area is 119 Å². The van der Waals surface area contributed by atoms with Gasteiger partial charge in [0.25, 0.3) is 0 Å². The molecule has 2 rings (SSSR count). The van der Waals surface area contributed by atoms with Crippen LogP contribution in [0.2, 0.25) is 0 Å². The molecule has 20 heavy (non-hydrogen) atoms. The van der Waals surface area contributed by atoms with E-state index in [1.807, 2.05) is 51.1 Å². The van der Waals surface area contributed by atoms with E-state index >= 15 is 0 Å². The van der Waals surface area contributed by atoms with Crippen LogP contribution >= 0.6 is 0 Å². The van der Waals surface area contributed by atoms with Crippen molar-refractivity contribution in [1.29, 1.82) is 0 Å². The number of esters is 2. The lowest BCUT2D eigenvalue weighted by molar-refractivity contribution is -0.164. The van der Waals surface area contributed by atoms with E-state index in [1.54, 1.807) is 0 Å². The molecule has 4 nitrogen and oxygen atoms in total. The molecule has 0 saturated carbocycles. The molecule has 1 saturated heterocycles. The molecule has 0 unspecified atom stereocenters. The van der Waals surface area contributed by atoms with E-state index in [2.05, 4.69) is 0 Å². The van der Waals surface area contributed by atoms with Crippen LogP contribution in [-0.2, 0) is 19.1 Å². The van der Waals surface area contributed by atoms with Crippen molar-refractivity contribution in [2.24, 2.45) is 5.41 Å². The summed E-state index contributed by atoms with van der Waals surface area (Å²) in [7, 11) is 0. The number of ether oxygens (including phenoxy) is 2. The summed E-state index contributed by atoms with van der Waals surface area (Å²) in [6.45, 7) is 5.93. The summed E-state index contributed by atoms with van der Waals surface area (Å²) in [6.07, 6.45) is -0.182. The lowest BCUT2D eigenvalue weighted by Crippen LogP contribution is -2.36. The van der Waals surface area contributed by atoms with Crippen LogP contribution in [0.5, 0.6) is 0 Å². The van der Waals surface area contributed by atoms with E-state index < -0.39 is 17.5 Å². The minimum absolute atomic E-state index is 0.284. The molecule has 1 aromatic rings. The predicted molar refractivity (Wildman–Crippen MR) is 74.1 cm³/mol. The minimum Gasteiger partial charge on any atom is -0.462 e. The zero-order chi connectivity index (χ0) is 14.8. The van der Waals surface area contributed by atoms with Gasteiger partial charge in [-0.2, -0.15) is 0 Å². The smallest absolute Gasteiger partial charge is 0.348 e. The molecule has 1 aromatic carbocycles. The summed E-state index contributed by atoms with van der Waals surface area (Å²) in [4.78, 5) is 24.0. The van der Waals surface area contributed by atoms with Gasteiger partial charge >= 0.3 is 11.9 Å². The highest BCUT2D eigenvalue weighted by Gasteiger charge is 2.47. The Morgan fingerprint density at radius 3 is 2.55 bits per heavy atom. The van der Waals surface area contributed by atoms with Crippen LogP contribution in [0.25, 0.3) is 0 Å². The van der Waals surface area contributed by atoms with Gasteiger partial charge in [-0.15, -0.1) is 0 Å². The maximum atomic E-state index is 12.3. The molecule has 1 fully saturated rings. The lowest BCUT2D eigenvalue weighted by atomic mass is 9.89. The van der Waals surface area contributed by atoms with Crippen LogP contribution in [0.3, 0.4) is 0 Å². The van der Waals surface area contributed by atoms with Crippen LogP contribution in [0, 0.1) is 5.41 Å². The average molecular weight is 276 g/mol. The first-order valence-corrected chi connectivity index (χ1v) is 6.88. The van der Waals surface area contributed by atoms with E-state index in [9.17, 15) is 9.59 Å². The van der Waals surface area contributed by atoms with Crippen LogP contribution in [0.1, 0.15) is 38.7 Å². The van der Waals surface area contributed by atoms with E-state index in [1.165, 1.54) is 0 Å². The fourth-order valence-electron chi connectivity index (χ4n) is 2.36. The molecule has 0 spiro atoms. The van der Waals surface area contributed by atoms with E-state index in [-0.39, 0.29) is 18.5 Å². The predicted octanol–water partition coefficient (Wildman–Crippen LogP) is 2.68. The van der Waals surface area contributed by atoms with Crippen LogP contribution in [-0.4, -0.2) is 24.6 Å². The van der Waals surface area contributed by atoms with Gasteiger partial charge in [0.05, 0.1) is 5.92 Å². The van der Waals surface area contributed by atoms with Gasteiger partial charge in [-0.1, -0.05) is 51.1 Å². The quantitative estimate of drug-likeness (QED) is 0.793. The average Bonchev–Trinajstić information content (AvgIpc) is 2.68. The Balaban J connectivity index is 2.13. The number of hydrogen-bond acceptors (Lipinski definition) is 4. The van der Waals surface area contributed by atoms with E-state index in [4.69, 9.17) is 9.47 Å². The van der Waals surface area contributed by atoms with Gasteiger partial charge in [-0.05, 0) is 12.0 Å². The standard InChI is InChI=1S/C16H20O4/c1-4-12(11-8-6-5-7-9-11)14(17)20-13-15(18)19-10-16(13,2)3/h5-9,12-13H,4,10H2,1-3H3/t12-,13+/m1/s1. The van der Waals surface area contributed by atoms with Crippen molar-refractivity contribution in [1.82, 2.24) is 0 Å². The molecule has 0 aromatic heterocycles. The summed E-state index contributed by atoms with van der Waals surface area (Å²) >= 11 is 0. The summed E-state index contributed by atoms with van der Waals surface area (Å²) in [5.41, 5.74) is 0.436. The van der Waals surface area contributed by atoms with Crippen LogP contribution in [0.4, 0.5) is 0 Å². The van der Waals surface area contributed by atoms with Crippen molar-refractivity contribution < 1.29 is 19.1 Å². The fourth-order valence-corrected chi connectivity index (χ4v) is 2.36. The first-order valence-electron chi connectivity index (χ1n) is 6.88. The van der Waals surface area contributed by atoms with Crippen molar-refractivity contribution >= 4 is 11.9 Å². The molecular weight excluding hydrogens is 256 g/mol. The Morgan fingerprint density at radius 1 is 1.40 bits per heavy atom. The van der Waals surface area contributed by atoms with Gasteiger partial charge in [-0.3, -0.25) is 4.79 Å². The van der Waals surface area contributed by atoms with E-state index in [0.717, 1.165) is 5.56 Å². The molecule has 0 bridgehead atoms. The summed E-state index contributed by atoms with van der Waals surface area (Å²) < 4.78 is 10.4. The zero-order valence-electron chi connectivity index (χ0n) is 12.1. The molecule has 0 aliphatic carbocycles. The van der Waals surface area contributed by atoms with Gasteiger partial charge in [0.15, 0.2) is 0 Å². The second kappa shape index (κ2) is 5.65.